The van der Waals surface area contributed by atoms with Crippen LogP contribution in [-0.2, 0) is 4.79 Å². The van der Waals surface area contributed by atoms with Gasteiger partial charge < -0.3 is 22.1 Å². The van der Waals surface area contributed by atoms with Crippen molar-refractivity contribution in [3.05, 3.63) is 0 Å². The smallest absolute Gasteiger partial charge is 0.312 e. The Labute approximate surface area is 108 Å². The second-order valence-corrected chi connectivity index (χ2v) is 4.96. The monoisotopic (exact) mass is 256 g/mol. The summed E-state index contributed by atoms with van der Waals surface area (Å²) in [5.74, 6) is 0.676. The number of nitrogens with one attached hydrogen (secondary N) is 2. The van der Waals surface area contributed by atoms with E-state index in [0.29, 0.717) is 31.5 Å². The summed E-state index contributed by atoms with van der Waals surface area (Å²) in [6.45, 7) is 0.802. The Morgan fingerprint density at radius 2 is 1.67 bits per heavy atom. The summed E-state index contributed by atoms with van der Waals surface area (Å²) in [5, 5.41) is 5.17. The molecule has 6 nitrogen and oxygen atoms in total. The second-order valence-electron chi connectivity index (χ2n) is 4.96. The minimum absolute atomic E-state index is 0.0381. The van der Waals surface area contributed by atoms with E-state index in [0.717, 1.165) is 32.1 Å². The topological polar surface area (TPSA) is 110 Å². The summed E-state index contributed by atoms with van der Waals surface area (Å²) in [6, 6.07) is -0.210. The van der Waals surface area contributed by atoms with Crippen LogP contribution in [0.1, 0.15) is 38.5 Å². The van der Waals surface area contributed by atoms with Crippen LogP contribution in [0.3, 0.4) is 0 Å². The van der Waals surface area contributed by atoms with Crippen molar-refractivity contribution in [3.8, 4) is 0 Å². The molecule has 3 amide bonds. The van der Waals surface area contributed by atoms with Crippen molar-refractivity contribution in [2.24, 2.45) is 17.4 Å². The predicted molar refractivity (Wildman–Crippen MR) is 69.8 cm³/mol. The van der Waals surface area contributed by atoms with Crippen molar-refractivity contribution < 1.29 is 9.59 Å². The molecule has 6 N–H and O–H groups in total. The average Bonchev–Trinajstić information content (AvgIpc) is 2.34. The third-order valence-electron chi connectivity index (χ3n) is 3.42. The summed E-state index contributed by atoms with van der Waals surface area (Å²) >= 11 is 0. The van der Waals surface area contributed by atoms with Gasteiger partial charge in [0, 0.05) is 25.6 Å². The third kappa shape index (κ3) is 6.44. The lowest BCUT2D eigenvalue weighted by atomic mass is 9.84. The first-order valence-corrected chi connectivity index (χ1v) is 6.63. The Kier molecular flexibility index (Phi) is 6.49. The van der Waals surface area contributed by atoms with Crippen molar-refractivity contribution in [2.75, 3.05) is 13.1 Å². The molecule has 0 unspecified atom stereocenters. The van der Waals surface area contributed by atoms with Gasteiger partial charge in [0.15, 0.2) is 0 Å². The van der Waals surface area contributed by atoms with Gasteiger partial charge in [-0.1, -0.05) is 0 Å². The van der Waals surface area contributed by atoms with Gasteiger partial charge in [-0.2, -0.15) is 0 Å². The van der Waals surface area contributed by atoms with Crippen molar-refractivity contribution >= 4 is 11.9 Å². The van der Waals surface area contributed by atoms with E-state index >= 15 is 0 Å². The van der Waals surface area contributed by atoms with Gasteiger partial charge in [0.2, 0.25) is 5.91 Å². The second kappa shape index (κ2) is 7.92. The summed E-state index contributed by atoms with van der Waals surface area (Å²) in [5.41, 5.74) is 10.7. The number of nitrogens with two attached hydrogens (primary N) is 2. The summed E-state index contributed by atoms with van der Waals surface area (Å²) in [7, 11) is 0. The van der Waals surface area contributed by atoms with Gasteiger partial charge in [0.05, 0.1) is 0 Å². The van der Waals surface area contributed by atoms with Crippen LogP contribution >= 0.6 is 0 Å². The van der Waals surface area contributed by atoms with E-state index in [9.17, 15) is 9.59 Å². The molecule has 1 saturated carbocycles. The molecule has 0 atom stereocenters. The molecule has 0 aromatic carbocycles. The lowest BCUT2D eigenvalue weighted by molar-refractivity contribution is -0.121. The molecule has 0 aromatic rings. The van der Waals surface area contributed by atoms with Gasteiger partial charge in [-0.05, 0) is 38.0 Å². The molecule has 0 saturated heterocycles. The normalized spacial score (nSPS) is 23.4. The first kappa shape index (κ1) is 14.8. The zero-order valence-electron chi connectivity index (χ0n) is 10.8. The van der Waals surface area contributed by atoms with Crippen LogP contribution in [0.25, 0.3) is 0 Å². The third-order valence-corrected chi connectivity index (χ3v) is 3.42. The SMILES string of the molecule is NC(=O)NCCNC(=O)CCC1CCC(N)CC1. The van der Waals surface area contributed by atoms with Crippen molar-refractivity contribution in [1.29, 1.82) is 0 Å². The van der Waals surface area contributed by atoms with Crippen molar-refractivity contribution in [2.45, 2.75) is 44.6 Å². The average molecular weight is 256 g/mol. The molecule has 0 heterocycles. The van der Waals surface area contributed by atoms with Crippen LogP contribution in [0, 0.1) is 5.92 Å². The van der Waals surface area contributed by atoms with E-state index in [4.69, 9.17) is 11.5 Å². The van der Waals surface area contributed by atoms with E-state index in [-0.39, 0.29) is 5.91 Å². The molecule has 1 fully saturated rings. The molecule has 18 heavy (non-hydrogen) atoms. The zero-order chi connectivity index (χ0) is 13.4. The van der Waals surface area contributed by atoms with Crippen LogP contribution in [-0.4, -0.2) is 31.1 Å². The van der Waals surface area contributed by atoms with E-state index in [2.05, 4.69) is 10.6 Å². The molecule has 1 aliphatic rings. The predicted octanol–water partition coefficient (Wildman–Crippen LogP) is 0.0686. The van der Waals surface area contributed by atoms with Crippen LogP contribution in [0.2, 0.25) is 0 Å². The van der Waals surface area contributed by atoms with Crippen LogP contribution in [0.5, 0.6) is 0 Å². The number of primary amides is 1. The largest absolute Gasteiger partial charge is 0.354 e. The van der Waals surface area contributed by atoms with E-state index in [1.54, 1.807) is 0 Å². The fourth-order valence-corrected chi connectivity index (χ4v) is 2.29. The molecule has 0 aliphatic heterocycles. The molecule has 0 radical (unpaired) electrons. The van der Waals surface area contributed by atoms with Crippen molar-refractivity contribution in [1.82, 2.24) is 10.6 Å². The fourth-order valence-electron chi connectivity index (χ4n) is 2.29. The molecule has 104 valence electrons. The van der Waals surface area contributed by atoms with Crippen molar-refractivity contribution in [3.63, 3.8) is 0 Å². The van der Waals surface area contributed by atoms with Gasteiger partial charge in [-0.3, -0.25) is 4.79 Å². The van der Waals surface area contributed by atoms with Gasteiger partial charge in [0.1, 0.15) is 0 Å². The van der Waals surface area contributed by atoms with Crippen LogP contribution in [0.15, 0.2) is 0 Å². The van der Waals surface area contributed by atoms with E-state index in [1.165, 1.54) is 0 Å². The number of carbonyl (C=O) groups excluding carboxylic acids is 2. The summed E-state index contributed by atoms with van der Waals surface area (Å²) in [6.07, 6.45) is 5.91. The zero-order valence-corrected chi connectivity index (χ0v) is 10.8. The van der Waals surface area contributed by atoms with Crippen LogP contribution < -0.4 is 22.1 Å². The molecule has 1 aliphatic carbocycles. The summed E-state index contributed by atoms with van der Waals surface area (Å²) in [4.78, 5) is 21.9. The Morgan fingerprint density at radius 3 is 2.28 bits per heavy atom. The highest BCUT2D eigenvalue weighted by Crippen LogP contribution is 2.26. The molecule has 0 aromatic heterocycles. The first-order valence-electron chi connectivity index (χ1n) is 6.63. The van der Waals surface area contributed by atoms with Gasteiger partial charge in [-0.25, -0.2) is 4.79 Å². The molecular weight excluding hydrogens is 232 g/mol. The molecule has 0 bridgehead atoms. The maximum absolute atomic E-state index is 11.5. The van der Waals surface area contributed by atoms with Gasteiger partial charge in [0.25, 0.3) is 0 Å². The lowest BCUT2D eigenvalue weighted by Gasteiger charge is -2.25. The van der Waals surface area contributed by atoms with E-state index in [1.807, 2.05) is 0 Å². The highest BCUT2D eigenvalue weighted by molar-refractivity contribution is 5.76. The number of hydrogen-bond acceptors (Lipinski definition) is 3. The number of amides is 3. The Balaban J connectivity index is 2.01. The van der Waals surface area contributed by atoms with E-state index < -0.39 is 6.03 Å². The molecular formula is C12H24N4O2. The first-order chi connectivity index (χ1) is 8.58. The molecule has 0 spiro atoms. The minimum Gasteiger partial charge on any atom is -0.354 e. The molecule has 6 heteroatoms. The number of carbonyl (C=O) groups is 2. The maximum atomic E-state index is 11.5. The highest BCUT2D eigenvalue weighted by atomic mass is 16.2. The Morgan fingerprint density at radius 1 is 1.06 bits per heavy atom. The standard InChI is InChI=1S/C12H24N4O2/c13-10-4-1-9(2-5-10)3-6-11(17)15-7-8-16-12(14)18/h9-10H,1-8,13H2,(H,15,17)(H3,14,16,18). The quantitative estimate of drug-likeness (QED) is 0.505. The number of urea groups is 1. The van der Waals surface area contributed by atoms with Gasteiger partial charge in [-0.15, -0.1) is 0 Å². The Bertz CT molecular complexity index is 275. The molecule has 1 rings (SSSR count). The Hall–Kier alpha value is -1.30. The van der Waals surface area contributed by atoms with Crippen LogP contribution in [0.4, 0.5) is 4.79 Å². The van der Waals surface area contributed by atoms with Gasteiger partial charge >= 0.3 is 6.03 Å². The lowest BCUT2D eigenvalue weighted by Crippen LogP contribution is -2.37. The number of rotatable bonds is 6. The maximum Gasteiger partial charge on any atom is 0.312 e. The highest BCUT2D eigenvalue weighted by Gasteiger charge is 2.18. The number of hydrogen-bond donors (Lipinski definition) is 4. The fraction of sp³-hybridized carbons (Fsp3) is 0.833. The summed E-state index contributed by atoms with van der Waals surface area (Å²) < 4.78 is 0. The minimum atomic E-state index is -0.567.